The lowest BCUT2D eigenvalue weighted by molar-refractivity contribution is 0.416. The van der Waals surface area contributed by atoms with Crippen LogP contribution in [0.25, 0.3) is 54.7 Å². The summed E-state index contributed by atoms with van der Waals surface area (Å²) in [5, 5.41) is 6.99. The lowest BCUT2D eigenvalue weighted by Crippen LogP contribution is -1.97. The molecule has 0 N–H and O–H groups in total. The van der Waals surface area contributed by atoms with Crippen molar-refractivity contribution in [3.05, 3.63) is 81.7 Å². The van der Waals surface area contributed by atoms with Gasteiger partial charge in [0.15, 0.2) is 0 Å². The van der Waals surface area contributed by atoms with Crippen LogP contribution in [0.15, 0.2) is 81.7 Å². The minimum absolute atomic E-state index is 0.818. The summed E-state index contributed by atoms with van der Waals surface area (Å²) in [7, 11) is 3.81. The molecule has 0 aliphatic carbocycles. The van der Waals surface area contributed by atoms with Gasteiger partial charge in [0, 0.05) is 26.8 Å². The van der Waals surface area contributed by atoms with E-state index in [9.17, 15) is 0 Å². The molecule has 0 aliphatic heterocycles. The molecule has 0 bridgehead atoms. The van der Waals surface area contributed by atoms with Crippen molar-refractivity contribution in [1.82, 2.24) is 9.55 Å². The highest BCUT2D eigenvalue weighted by molar-refractivity contribution is 9.10. The Morgan fingerprint density at radius 3 is 2.19 bits per heavy atom. The summed E-state index contributed by atoms with van der Waals surface area (Å²) in [6.07, 6.45) is 0. The molecule has 0 atom stereocenters. The Kier molecular flexibility index (Phi) is 4.52. The molecule has 6 aromatic rings. The van der Waals surface area contributed by atoms with Gasteiger partial charge in [-0.3, -0.25) is 0 Å². The molecule has 6 rings (SSSR count). The molecule has 5 aromatic carbocycles. The summed E-state index contributed by atoms with van der Waals surface area (Å²) in [5.74, 6) is 1.71. The standard InChI is InChI=1S/C27H18Br2N2O/c1-31-26-22-14-17(29)9-11-20(22)19-10-8-16(28)13-21(19)25(26)30-27(31)24-18-6-4-3-5-15(18)7-12-23(24)32-2/h3-14H,1-2H3. The van der Waals surface area contributed by atoms with E-state index in [1.54, 1.807) is 7.11 Å². The highest BCUT2D eigenvalue weighted by Crippen LogP contribution is 2.42. The van der Waals surface area contributed by atoms with Crippen LogP contribution in [0.1, 0.15) is 0 Å². The number of methoxy groups -OCH3 is 1. The van der Waals surface area contributed by atoms with Crippen LogP contribution in [0.5, 0.6) is 5.75 Å². The molecule has 0 amide bonds. The van der Waals surface area contributed by atoms with Gasteiger partial charge in [0.2, 0.25) is 0 Å². The summed E-state index contributed by atoms with van der Waals surface area (Å²) >= 11 is 7.33. The maximum absolute atomic E-state index is 5.80. The van der Waals surface area contributed by atoms with Gasteiger partial charge in [0.1, 0.15) is 11.6 Å². The van der Waals surface area contributed by atoms with Gasteiger partial charge >= 0.3 is 0 Å². The number of halogens is 2. The third-order valence-electron chi connectivity index (χ3n) is 6.19. The molecule has 1 heterocycles. The van der Waals surface area contributed by atoms with E-state index in [1.807, 2.05) is 6.07 Å². The number of fused-ring (bicyclic) bond motifs is 7. The highest BCUT2D eigenvalue weighted by Gasteiger charge is 2.21. The van der Waals surface area contributed by atoms with Crippen molar-refractivity contribution >= 4 is 75.2 Å². The van der Waals surface area contributed by atoms with Gasteiger partial charge in [-0.25, -0.2) is 4.98 Å². The molecule has 1 aromatic heterocycles. The van der Waals surface area contributed by atoms with Gasteiger partial charge in [0.25, 0.3) is 0 Å². The number of hydrogen-bond acceptors (Lipinski definition) is 2. The van der Waals surface area contributed by atoms with Gasteiger partial charge in [-0.1, -0.05) is 74.3 Å². The van der Waals surface area contributed by atoms with Crippen LogP contribution in [0.3, 0.4) is 0 Å². The Hall–Kier alpha value is -2.89. The van der Waals surface area contributed by atoms with Gasteiger partial charge < -0.3 is 9.30 Å². The van der Waals surface area contributed by atoms with Crippen LogP contribution >= 0.6 is 31.9 Å². The van der Waals surface area contributed by atoms with Crippen LogP contribution in [0.2, 0.25) is 0 Å². The maximum atomic E-state index is 5.80. The minimum atomic E-state index is 0.818. The molecule has 0 unspecified atom stereocenters. The van der Waals surface area contributed by atoms with Crippen LogP contribution < -0.4 is 4.74 Å². The van der Waals surface area contributed by atoms with E-state index < -0.39 is 0 Å². The molecule has 0 saturated carbocycles. The Morgan fingerprint density at radius 2 is 1.44 bits per heavy atom. The zero-order chi connectivity index (χ0) is 22.0. The third-order valence-corrected chi connectivity index (χ3v) is 7.18. The van der Waals surface area contributed by atoms with Crippen LogP contribution in [-0.2, 0) is 7.05 Å². The van der Waals surface area contributed by atoms with Gasteiger partial charge in [0.05, 0.1) is 23.7 Å². The first-order chi connectivity index (χ1) is 15.6. The van der Waals surface area contributed by atoms with Crippen molar-refractivity contribution in [3.8, 4) is 17.1 Å². The molecule has 156 valence electrons. The van der Waals surface area contributed by atoms with Gasteiger partial charge in [-0.05, 0) is 51.9 Å². The largest absolute Gasteiger partial charge is 0.496 e. The second-order valence-corrected chi connectivity index (χ2v) is 9.77. The molecule has 0 fully saturated rings. The monoisotopic (exact) mass is 544 g/mol. The lowest BCUT2D eigenvalue weighted by atomic mass is 10.00. The average molecular weight is 546 g/mol. The van der Waals surface area contributed by atoms with Gasteiger partial charge in [-0.15, -0.1) is 0 Å². The van der Waals surface area contributed by atoms with Crippen LogP contribution in [0, 0.1) is 0 Å². The summed E-state index contributed by atoms with van der Waals surface area (Å²) in [4.78, 5) is 5.24. The topological polar surface area (TPSA) is 27.1 Å². The molecular formula is C27H18Br2N2O. The fourth-order valence-corrected chi connectivity index (χ4v) is 5.49. The normalized spacial score (nSPS) is 11.8. The fraction of sp³-hybridized carbons (Fsp3) is 0.0741. The number of benzene rings is 5. The minimum Gasteiger partial charge on any atom is -0.496 e. The number of rotatable bonds is 2. The molecule has 0 aliphatic rings. The number of nitrogens with zero attached hydrogens (tertiary/aromatic N) is 2. The predicted octanol–water partition coefficient (Wildman–Crippen LogP) is 8.23. The lowest BCUT2D eigenvalue weighted by Gasteiger charge is -2.12. The van der Waals surface area contributed by atoms with E-state index in [0.29, 0.717) is 0 Å². The van der Waals surface area contributed by atoms with Gasteiger partial charge in [-0.2, -0.15) is 0 Å². The van der Waals surface area contributed by atoms with E-state index in [-0.39, 0.29) is 0 Å². The zero-order valence-electron chi connectivity index (χ0n) is 17.5. The Bertz CT molecular complexity index is 1700. The number of aromatic nitrogens is 2. The molecule has 32 heavy (non-hydrogen) atoms. The summed E-state index contributed by atoms with van der Waals surface area (Å²) in [6, 6.07) is 25.4. The SMILES string of the molecule is COc1ccc2ccccc2c1-c1nc2c3cc(Br)ccc3c3ccc(Br)cc3c2n1C. The van der Waals surface area contributed by atoms with Crippen molar-refractivity contribution < 1.29 is 4.74 Å². The Balaban J connectivity index is 1.85. The third kappa shape index (κ3) is 2.81. The number of hydrogen-bond donors (Lipinski definition) is 0. The van der Waals surface area contributed by atoms with Crippen molar-refractivity contribution in [2.45, 2.75) is 0 Å². The van der Waals surface area contributed by atoms with Crippen molar-refractivity contribution in [1.29, 1.82) is 0 Å². The highest BCUT2D eigenvalue weighted by atomic mass is 79.9. The smallest absolute Gasteiger partial charge is 0.145 e. The molecule has 3 nitrogen and oxygen atoms in total. The van der Waals surface area contributed by atoms with E-state index in [1.165, 1.54) is 16.2 Å². The van der Waals surface area contributed by atoms with E-state index >= 15 is 0 Å². The van der Waals surface area contributed by atoms with Crippen LogP contribution in [0.4, 0.5) is 0 Å². The first kappa shape index (κ1) is 19.8. The number of ether oxygens (including phenoxy) is 1. The number of imidazole rings is 1. The molecule has 0 radical (unpaired) electrons. The van der Waals surface area contributed by atoms with Crippen molar-refractivity contribution in [3.63, 3.8) is 0 Å². The maximum Gasteiger partial charge on any atom is 0.145 e. The van der Waals surface area contributed by atoms with E-state index in [4.69, 9.17) is 9.72 Å². The Labute approximate surface area is 201 Å². The summed E-state index contributed by atoms with van der Waals surface area (Å²) in [5.41, 5.74) is 3.10. The molecule has 0 spiro atoms. The molecular weight excluding hydrogens is 528 g/mol. The quantitative estimate of drug-likeness (QED) is 0.205. The fourth-order valence-electron chi connectivity index (χ4n) is 4.77. The molecule has 5 heteroatoms. The molecule has 0 saturated heterocycles. The Morgan fingerprint density at radius 1 is 0.750 bits per heavy atom. The van der Waals surface area contributed by atoms with Crippen LogP contribution in [-0.4, -0.2) is 16.7 Å². The van der Waals surface area contributed by atoms with E-state index in [0.717, 1.165) is 53.3 Å². The average Bonchev–Trinajstić information content (AvgIpc) is 3.15. The first-order valence-corrected chi connectivity index (χ1v) is 11.9. The summed E-state index contributed by atoms with van der Waals surface area (Å²) in [6.45, 7) is 0. The van der Waals surface area contributed by atoms with Crippen molar-refractivity contribution in [2.75, 3.05) is 7.11 Å². The second kappa shape index (κ2) is 7.32. The predicted molar refractivity (Wildman–Crippen MR) is 141 cm³/mol. The second-order valence-electron chi connectivity index (χ2n) is 7.94. The first-order valence-electron chi connectivity index (χ1n) is 10.3. The number of aryl methyl sites for hydroxylation is 1. The summed E-state index contributed by atoms with van der Waals surface area (Å²) < 4.78 is 10.1. The zero-order valence-corrected chi connectivity index (χ0v) is 20.7. The van der Waals surface area contributed by atoms with Crippen molar-refractivity contribution in [2.24, 2.45) is 7.05 Å². The van der Waals surface area contributed by atoms with E-state index in [2.05, 4.69) is 110 Å².